The maximum Gasteiger partial charge on any atom is 0.408 e. The molecule has 5 nitrogen and oxygen atoms in total. The Morgan fingerprint density at radius 1 is 0.958 bits per heavy atom. The fourth-order valence-electron chi connectivity index (χ4n) is 2.28. The Morgan fingerprint density at radius 3 is 2.21 bits per heavy atom. The van der Waals surface area contributed by atoms with Gasteiger partial charge in [0.25, 0.3) is 0 Å². The minimum atomic E-state index is -0.679. The zero-order valence-corrected chi connectivity index (χ0v) is 15.3. The third-order valence-electron chi connectivity index (χ3n) is 3.70. The summed E-state index contributed by atoms with van der Waals surface area (Å²) in [5, 5.41) is 2.53. The number of unbranched alkanes of at least 4 members (excludes halogenated alkanes) is 7. The molecule has 0 aromatic carbocycles. The van der Waals surface area contributed by atoms with Gasteiger partial charge in [0, 0.05) is 0 Å². The van der Waals surface area contributed by atoms with Crippen LogP contribution in [-0.4, -0.2) is 31.3 Å². The van der Waals surface area contributed by atoms with Crippen molar-refractivity contribution in [2.45, 2.75) is 84.1 Å². The average molecular weight is 339 g/mol. The van der Waals surface area contributed by atoms with Gasteiger partial charge in [-0.25, -0.2) is 9.59 Å². The molecule has 0 aliphatic heterocycles. The molecule has 0 spiro atoms. The highest BCUT2D eigenvalue weighted by Crippen LogP contribution is 2.08. The number of carbonyl (C=O) groups excluding carboxylic acids is 2. The second-order valence-corrected chi connectivity index (χ2v) is 5.91. The van der Waals surface area contributed by atoms with Gasteiger partial charge in [0.15, 0.2) is 6.61 Å². The maximum absolute atomic E-state index is 12.1. The molecule has 5 heteroatoms. The van der Waals surface area contributed by atoms with Crippen molar-refractivity contribution in [3.8, 4) is 12.3 Å². The Balaban J connectivity index is 3.99. The number of esters is 1. The topological polar surface area (TPSA) is 64.6 Å². The number of rotatable bonds is 14. The monoisotopic (exact) mass is 339 g/mol. The number of hydrogen-bond donors (Lipinski definition) is 1. The van der Waals surface area contributed by atoms with Gasteiger partial charge in [0.1, 0.15) is 6.04 Å². The molecule has 1 N–H and O–H groups in total. The van der Waals surface area contributed by atoms with E-state index in [2.05, 4.69) is 18.2 Å². The molecule has 0 bridgehead atoms. The quantitative estimate of drug-likeness (QED) is 0.293. The van der Waals surface area contributed by atoms with Crippen LogP contribution in [0.15, 0.2) is 0 Å². The normalized spacial score (nSPS) is 11.4. The van der Waals surface area contributed by atoms with Crippen molar-refractivity contribution >= 4 is 12.1 Å². The van der Waals surface area contributed by atoms with E-state index in [-0.39, 0.29) is 6.61 Å². The Hall–Kier alpha value is -1.70. The molecule has 138 valence electrons. The van der Waals surface area contributed by atoms with Crippen LogP contribution in [0.2, 0.25) is 0 Å². The molecule has 1 unspecified atom stereocenters. The minimum Gasteiger partial charge on any atom is -0.464 e. The molecule has 24 heavy (non-hydrogen) atoms. The van der Waals surface area contributed by atoms with Crippen molar-refractivity contribution in [3.63, 3.8) is 0 Å². The van der Waals surface area contributed by atoms with E-state index in [1.54, 1.807) is 0 Å². The fourth-order valence-corrected chi connectivity index (χ4v) is 2.28. The highest BCUT2D eigenvalue weighted by molar-refractivity contribution is 5.81. The van der Waals surface area contributed by atoms with Crippen LogP contribution in [0.4, 0.5) is 4.79 Å². The summed E-state index contributed by atoms with van der Waals surface area (Å²) < 4.78 is 10.0. The van der Waals surface area contributed by atoms with Gasteiger partial charge >= 0.3 is 12.1 Å². The summed E-state index contributed by atoms with van der Waals surface area (Å²) in [6, 6.07) is -0.667. The molecular weight excluding hydrogens is 306 g/mol. The number of ether oxygens (including phenoxy) is 2. The molecule has 0 aliphatic rings. The molecule has 0 fully saturated rings. The molecule has 0 saturated carbocycles. The predicted molar refractivity (Wildman–Crippen MR) is 95.6 cm³/mol. The van der Waals surface area contributed by atoms with Crippen LogP contribution in [0.5, 0.6) is 0 Å². The molecule has 0 aromatic rings. The second kappa shape index (κ2) is 16.2. The molecular formula is C19H33NO4. The van der Waals surface area contributed by atoms with Crippen molar-refractivity contribution in [3.05, 3.63) is 0 Å². The standard InChI is InChI=1S/C19H33NO4/c1-4-7-9-10-11-12-13-16-23-18(21)17(14-8-5-2)20-19(22)24-15-6-3/h3,17H,4-5,7-16H2,1-2H3,(H,20,22). The molecule has 0 aromatic heterocycles. The number of nitrogens with one attached hydrogen (secondary N) is 1. The lowest BCUT2D eigenvalue weighted by Crippen LogP contribution is -2.42. The van der Waals surface area contributed by atoms with Gasteiger partial charge in [-0.3, -0.25) is 0 Å². The first-order valence-electron chi connectivity index (χ1n) is 9.19. The van der Waals surface area contributed by atoms with Crippen molar-refractivity contribution in [1.82, 2.24) is 5.32 Å². The smallest absolute Gasteiger partial charge is 0.408 e. The van der Waals surface area contributed by atoms with Crippen LogP contribution in [-0.2, 0) is 14.3 Å². The van der Waals surface area contributed by atoms with Gasteiger partial charge in [0.05, 0.1) is 6.61 Å². The van der Waals surface area contributed by atoms with Gasteiger partial charge in [-0.15, -0.1) is 6.42 Å². The minimum absolute atomic E-state index is 0.112. The first kappa shape index (κ1) is 22.3. The molecule has 0 radical (unpaired) electrons. The van der Waals surface area contributed by atoms with E-state index in [1.807, 2.05) is 6.92 Å². The summed E-state index contributed by atoms with van der Waals surface area (Å²) in [6.07, 6.45) is 14.8. The molecule has 0 aliphatic carbocycles. The maximum atomic E-state index is 12.1. The first-order valence-corrected chi connectivity index (χ1v) is 9.19. The molecule has 0 heterocycles. The van der Waals surface area contributed by atoms with Crippen LogP contribution < -0.4 is 5.32 Å². The SMILES string of the molecule is C#CCOC(=O)NC(CCCC)C(=O)OCCCCCCCCC. The van der Waals surface area contributed by atoms with E-state index in [0.717, 1.165) is 25.7 Å². The molecule has 1 amide bonds. The van der Waals surface area contributed by atoms with Gasteiger partial charge in [-0.05, 0) is 12.8 Å². The third kappa shape index (κ3) is 12.8. The molecule has 0 rings (SSSR count). The summed E-state index contributed by atoms with van der Waals surface area (Å²) in [5.41, 5.74) is 0. The highest BCUT2D eigenvalue weighted by atomic mass is 16.6. The Labute approximate surface area is 146 Å². The van der Waals surface area contributed by atoms with Gasteiger partial charge in [-0.2, -0.15) is 0 Å². The number of alkyl carbamates (subject to hydrolysis) is 1. The number of carbonyl (C=O) groups is 2. The van der Waals surface area contributed by atoms with Crippen molar-refractivity contribution in [2.75, 3.05) is 13.2 Å². The van der Waals surface area contributed by atoms with E-state index in [0.29, 0.717) is 13.0 Å². The van der Waals surface area contributed by atoms with Crippen LogP contribution in [0.1, 0.15) is 78.1 Å². The van der Waals surface area contributed by atoms with Crippen molar-refractivity contribution < 1.29 is 19.1 Å². The Morgan fingerprint density at radius 2 is 1.58 bits per heavy atom. The van der Waals surface area contributed by atoms with E-state index >= 15 is 0 Å². The predicted octanol–water partition coefficient (Wildman–Crippen LogP) is 4.20. The van der Waals surface area contributed by atoms with Gasteiger partial charge in [0.2, 0.25) is 0 Å². The average Bonchev–Trinajstić information content (AvgIpc) is 2.58. The van der Waals surface area contributed by atoms with E-state index in [4.69, 9.17) is 15.9 Å². The van der Waals surface area contributed by atoms with Gasteiger partial charge in [-0.1, -0.05) is 71.1 Å². The van der Waals surface area contributed by atoms with Gasteiger partial charge < -0.3 is 14.8 Å². The van der Waals surface area contributed by atoms with E-state index in [9.17, 15) is 9.59 Å². The summed E-state index contributed by atoms with van der Waals surface area (Å²) >= 11 is 0. The molecule has 1 atom stereocenters. The lowest BCUT2D eigenvalue weighted by Gasteiger charge is -2.17. The van der Waals surface area contributed by atoms with Crippen LogP contribution in [0.3, 0.4) is 0 Å². The first-order chi connectivity index (χ1) is 11.7. The van der Waals surface area contributed by atoms with Crippen LogP contribution in [0.25, 0.3) is 0 Å². The third-order valence-corrected chi connectivity index (χ3v) is 3.70. The lowest BCUT2D eigenvalue weighted by molar-refractivity contribution is -0.146. The fraction of sp³-hybridized carbons (Fsp3) is 0.789. The van der Waals surface area contributed by atoms with E-state index in [1.165, 1.54) is 32.1 Å². The summed E-state index contributed by atoms with van der Waals surface area (Å²) in [4.78, 5) is 23.6. The summed E-state index contributed by atoms with van der Waals surface area (Å²) in [5.74, 6) is 1.82. The second-order valence-electron chi connectivity index (χ2n) is 5.91. The summed E-state index contributed by atoms with van der Waals surface area (Å²) in [6.45, 7) is 4.51. The number of amides is 1. The highest BCUT2D eigenvalue weighted by Gasteiger charge is 2.22. The Bertz CT molecular complexity index is 376. The van der Waals surface area contributed by atoms with Crippen molar-refractivity contribution in [1.29, 1.82) is 0 Å². The van der Waals surface area contributed by atoms with Crippen LogP contribution >= 0.6 is 0 Å². The largest absolute Gasteiger partial charge is 0.464 e. The zero-order chi connectivity index (χ0) is 18.0. The van der Waals surface area contributed by atoms with Crippen molar-refractivity contribution in [2.24, 2.45) is 0 Å². The Kier molecular flexibility index (Phi) is 15.0. The van der Waals surface area contributed by atoms with Crippen LogP contribution in [0, 0.1) is 12.3 Å². The number of hydrogen-bond acceptors (Lipinski definition) is 4. The molecule has 0 saturated heterocycles. The lowest BCUT2D eigenvalue weighted by atomic mass is 10.1. The van der Waals surface area contributed by atoms with E-state index < -0.39 is 18.1 Å². The zero-order valence-electron chi connectivity index (χ0n) is 15.3. The number of terminal acetylenes is 1. The summed E-state index contributed by atoms with van der Waals surface area (Å²) in [7, 11) is 0.